The van der Waals surface area contributed by atoms with E-state index in [1.807, 2.05) is 0 Å². The van der Waals surface area contributed by atoms with Gasteiger partial charge in [-0.25, -0.2) is 0 Å². The Morgan fingerprint density at radius 3 is 1.00 bits per heavy atom. The molecule has 0 saturated heterocycles. The minimum atomic E-state index is 0.223. The van der Waals surface area contributed by atoms with E-state index in [9.17, 15) is 9.59 Å². The number of Topliss-reactive ketones (excluding diaryl/α,β-unsaturated/α-hetero) is 2. The highest BCUT2D eigenvalue weighted by molar-refractivity contribution is 6.25. The Kier molecular flexibility index (Phi) is 3.19. The smallest absolute Gasteiger partial charge is 0.185 e. The number of carbonyl (C=O) groups excluding carboxylic acids is 2. The monoisotopic (exact) mass is 244 g/mol. The fraction of sp³-hybridized carbons (Fsp3) is 0.625. The Bertz CT molecular complexity index is 385. The highest BCUT2D eigenvalue weighted by Crippen LogP contribution is 2.38. The Hall–Kier alpha value is -1.18. The van der Waals surface area contributed by atoms with E-state index in [0.29, 0.717) is 0 Å². The number of carbonyl (C=O) groups is 2. The Morgan fingerprint density at radius 2 is 0.722 bits per heavy atom. The van der Waals surface area contributed by atoms with E-state index >= 15 is 0 Å². The minimum Gasteiger partial charge on any atom is -0.289 e. The average molecular weight is 244 g/mol. The summed E-state index contributed by atoms with van der Waals surface area (Å²) in [6.07, 6.45) is 9.98. The molecule has 96 valence electrons. The van der Waals surface area contributed by atoms with E-state index in [0.717, 1.165) is 73.7 Å². The highest BCUT2D eigenvalue weighted by atomic mass is 16.1. The molecule has 18 heavy (non-hydrogen) atoms. The van der Waals surface area contributed by atoms with E-state index in [1.165, 1.54) is 12.8 Å². The molecule has 2 nitrogen and oxygen atoms in total. The molecule has 0 aliphatic heterocycles. The van der Waals surface area contributed by atoms with Gasteiger partial charge in [0.15, 0.2) is 11.6 Å². The molecule has 0 N–H and O–H groups in total. The molecule has 3 rings (SSSR count). The van der Waals surface area contributed by atoms with Gasteiger partial charge in [0.2, 0.25) is 0 Å². The van der Waals surface area contributed by atoms with Crippen LogP contribution in [0.3, 0.4) is 0 Å². The number of allylic oxidation sites excluding steroid dienone is 4. The molecule has 0 aromatic rings. The lowest BCUT2D eigenvalue weighted by molar-refractivity contribution is -0.117. The summed E-state index contributed by atoms with van der Waals surface area (Å²) >= 11 is 0. The van der Waals surface area contributed by atoms with Gasteiger partial charge < -0.3 is 0 Å². The summed E-state index contributed by atoms with van der Waals surface area (Å²) in [5.74, 6) is 0.447. The average Bonchev–Trinajstić information content (AvgIpc) is 2.35. The van der Waals surface area contributed by atoms with Gasteiger partial charge in [-0.3, -0.25) is 9.59 Å². The number of hydrogen-bond acceptors (Lipinski definition) is 2. The van der Waals surface area contributed by atoms with Crippen LogP contribution in [-0.2, 0) is 9.59 Å². The number of hydrogen-bond donors (Lipinski definition) is 0. The van der Waals surface area contributed by atoms with Crippen LogP contribution in [0.1, 0.15) is 64.2 Å². The lowest BCUT2D eigenvalue weighted by Gasteiger charge is -2.27. The maximum absolute atomic E-state index is 12.5. The lowest BCUT2D eigenvalue weighted by Crippen LogP contribution is -2.26. The van der Waals surface area contributed by atoms with Crippen molar-refractivity contribution in [2.45, 2.75) is 64.2 Å². The fourth-order valence-electron chi connectivity index (χ4n) is 3.53. The van der Waals surface area contributed by atoms with Crippen molar-refractivity contribution >= 4 is 11.6 Å². The molecule has 4 bridgehead atoms. The SMILES string of the molecule is O=C1C2=C3CCCCCC(=C1CCCCC2)C3=O. The largest absolute Gasteiger partial charge is 0.289 e. The second kappa shape index (κ2) is 4.83. The second-order valence-corrected chi connectivity index (χ2v) is 5.69. The zero-order valence-corrected chi connectivity index (χ0v) is 10.9. The highest BCUT2D eigenvalue weighted by Gasteiger charge is 2.34. The standard InChI is InChI=1S/C16H20O2/c17-15-11-7-3-1-4-8-12(15)14-10-6-2-5-9-13(11)16(14)18/h1-10H2. The molecule has 2 fully saturated rings. The molecule has 2 heteroatoms. The normalized spacial score (nSPS) is 25.6. The zero-order valence-electron chi connectivity index (χ0n) is 10.9. The molecule has 0 heterocycles. The first-order valence-corrected chi connectivity index (χ1v) is 7.32. The van der Waals surface area contributed by atoms with Gasteiger partial charge >= 0.3 is 0 Å². The molecule has 2 saturated carbocycles. The summed E-state index contributed by atoms with van der Waals surface area (Å²) < 4.78 is 0. The van der Waals surface area contributed by atoms with Crippen LogP contribution in [0.5, 0.6) is 0 Å². The van der Waals surface area contributed by atoms with Gasteiger partial charge in [-0.1, -0.05) is 12.8 Å². The van der Waals surface area contributed by atoms with E-state index in [1.54, 1.807) is 0 Å². The van der Waals surface area contributed by atoms with Gasteiger partial charge in [0.1, 0.15) is 0 Å². The van der Waals surface area contributed by atoms with Gasteiger partial charge in [-0.2, -0.15) is 0 Å². The second-order valence-electron chi connectivity index (χ2n) is 5.69. The van der Waals surface area contributed by atoms with E-state index in [-0.39, 0.29) is 11.6 Å². The van der Waals surface area contributed by atoms with E-state index in [2.05, 4.69) is 0 Å². The molecular weight excluding hydrogens is 224 g/mol. The van der Waals surface area contributed by atoms with Crippen molar-refractivity contribution in [1.82, 2.24) is 0 Å². The summed E-state index contributed by atoms with van der Waals surface area (Å²) in [4.78, 5) is 25.1. The Balaban J connectivity index is 2.11. The van der Waals surface area contributed by atoms with Crippen LogP contribution in [0.25, 0.3) is 0 Å². The van der Waals surface area contributed by atoms with E-state index < -0.39 is 0 Å². The third kappa shape index (κ3) is 1.88. The lowest BCUT2D eigenvalue weighted by atomic mass is 9.74. The van der Waals surface area contributed by atoms with Crippen LogP contribution in [0.2, 0.25) is 0 Å². The van der Waals surface area contributed by atoms with Crippen molar-refractivity contribution in [2.75, 3.05) is 0 Å². The summed E-state index contributed by atoms with van der Waals surface area (Å²) in [6, 6.07) is 0. The molecule has 0 radical (unpaired) electrons. The first kappa shape index (κ1) is 11.9. The van der Waals surface area contributed by atoms with Gasteiger partial charge in [0.05, 0.1) is 0 Å². The van der Waals surface area contributed by atoms with Crippen LogP contribution in [0, 0.1) is 0 Å². The number of rotatable bonds is 0. The summed E-state index contributed by atoms with van der Waals surface area (Å²) in [6.45, 7) is 0. The quantitative estimate of drug-likeness (QED) is 0.609. The molecule has 0 atom stereocenters. The molecular formula is C16H20O2. The third-order valence-corrected chi connectivity index (χ3v) is 4.53. The predicted molar refractivity (Wildman–Crippen MR) is 70.2 cm³/mol. The number of fused-ring (bicyclic) bond motifs is 4. The van der Waals surface area contributed by atoms with Crippen LogP contribution in [0.15, 0.2) is 22.3 Å². The summed E-state index contributed by atoms with van der Waals surface area (Å²) in [5.41, 5.74) is 3.50. The third-order valence-electron chi connectivity index (χ3n) is 4.53. The van der Waals surface area contributed by atoms with Gasteiger partial charge in [0, 0.05) is 22.3 Å². The van der Waals surface area contributed by atoms with Crippen LogP contribution >= 0.6 is 0 Å². The van der Waals surface area contributed by atoms with Crippen molar-refractivity contribution < 1.29 is 9.59 Å². The molecule has 3 aliphatic rings. The molecule has 0 spiro atoms. The van der Waals surface area contributed by atoms with Crippen molar-refractivity contribution in [3.05, 3.63) is 22.3 Å². The maximum atomic E-state index is 12.5. The fourth-order valence-corrected chi connectivity index (χ4v) is 3.53. The summed E-state index contributed by atoms with van der Waals surface area (Å²) in [5, 5.41) is 0. The van der Waals surface area contributed by atoms with Crippen LogP contribution < -0.4 is 0 Å². The van der Waals surface area contributed by atoms with Crippen LogP contribution in [0.4, 0.5) is 0 Å². The van der Waals surface area contributed by atoms with Gasteiger partial charge in [0.25, 0.3) is 0 Å². The molecule has 3 aliphatic carbocycles. The molecule has 0 amide bonds. The predicted octanol–water partition coefficient (Wildman–Crippen LogP) is 3.66. The zero-order chi connectivity index (χ0) is 12.5. The first-order chi connectivity index (χ1) is 8.79. The van der Waals surface area contributed by atoms with Crippen LogP contribution in [-0.4, -0.2) is 11.6 Å². The minimum absolute atomic E-state index is 0.223. The van der Waals surface area contributed by atoms with Gasteiger partial charge in [-0.15, -0.1) is 0 Å². The Labute approximate surface area is 108 Å². The maximum Gasteiger partial charge on any atom is 0.185 e. The first-order valence-electron chi connectivity index (χ1n) is 7.32. The van der Waals surface area contributed by atoms with Crippen molar-refractivity contribution in [3.8, 4) is 0 Å². The molecule has 0 aromatic heterocycles. The van der Waals surface area contributed by atoms with Gasteiger partial charge in [-0.05, 0) is 51.4 Å². The van der Waals surface area contributed by atoms with Crippen molar-refractivity contribution in [3.63, 3.8) is 0 Å². The summed E-state index contributed by atoms with van der Waals surface area (Å²) in [7, 11) is 0. The topological polar surface area (TPSA) is 34.1 Å². The molecule has 0 aromatic carbocycles. The number of ketones is 2. The Morgan fingerprint density at radius 1 is 0.444 bits per heavy atom. The molecule has 0 unspecified atom stereocenters. The van der Waals surface area contributed by atoms with Crippen molar-refractivity contribution in [1.29, 1.82) is 0 Å². The van der Waals surface area contributed by atoms with Crippen molar-refractivity contribution in [2.24, 2.45) is 0 Å². The van der Waals surface area contributed by atoms with E-state index in [4.69, 9.17) is 0 Å².